The number of rotatable bonds is 7. The molecule has 7 nitrogen and oxygen atoms in total. The summed E-state index contributed by atoms with van der Waals surface area (Å²) in [6.45, 7) is 5.78. The van der Waals surface area contributed by atoms with E-state index in [9.17, 15) is 9.59 Å². The molecular weight excluding hydrogens is 394 g/mol. The largest absolute Gasteiger partial charge is 0.493 e. The fourth-order valence-electron chi connectivity index (χ4n) is 3.63. The molecule has 3 amide bonds. The van der Waals surface area contributed by atoms with Crippen molar-refractivity contribution >= 4 is 17.6 Å². The van der Waals surface area contributed by atoms with Crippen LogP contribution in [0.25, 0.3) is 0 Å². The van der Waals surface area contributed by atoms with E-state index in [0.717, 1.165) is 29.7 Å². The molecule has 166 valence electrons. The highest BCUT2D eigenvalue weighted by Gasteiger charge is 2.24. The molecule has 2 aromatic carbocycles. The summed E-state index contributed by atoms with van der Waals surface area (Å²) in [4.78, 5) is 26.6. The van der Waals surface area contributed by atoms with Crippen LogP contribution in [0.4, 0.5) is 10.5 Å². The predicted molar refractivity (Wildman–Crippen MR) is 121 cm³/mol. The lowest BCUT2D eigenvalue weighted by atomic mass is 9.98. The van der Waals surface area contributed by atoms with Gasteiger partial charge in [-0.05, 0) is 62.4 Å². The van der Waals surface area contributed by atoms with Crippen molar-refractivity contribution in [1.29, 1.82) is 0 Å². The van der Waals surface area contributed by atoms with Crippen molar-refractivity contribution < 1.29 is 19.1 Å². The third-order valence-electron chi connectivity index (χ3n) is 5.40. The molecule has 1 aliphatic rings. The van der Waals surface area contributed by atoms with Crippen LogP contribution in [-0.2, 0) is 4.79 Å². The molecule has 1 unspecified atom stereocenters. The Balaban J connectivity index is 1.44. The lowest BCUT2D eigenvalue weighted by molar-refractivity contribution is -0.135. The Morgan fingerprint density at radius 2 is 1.81 bits per heavy atom. The van der Waals surface area contributed by atoms with Gasteiger partial charge in [0.1, 0.15) is 0 Å². The molecule has 3 rings (SSSR count). The van der Waals surface area contributed by atoms with Crippen LogP contribution in [0.15, 0.2) is 42.5 Å². The fourth-order valence-corrected chi connectivity index (χ4v) is 3.63. The van der Waals surface area contributed by atoms with Gasteiger partial charge >= 0.3 is 6.03 Å². The first-order valence-corrected chi connectivity index (χ1v) is 10.6. The number of anilines is 1. The molecule has 31 heavy (non-hydrogen) atoms. The Morgan fingerprint density at radius 1 is 1.06 bits per heavy atom. The Bertz CT molecular complexity index is 898. The highest BCUT2D eigenvalue weighted by molar-refractivity contribution is 5.89. The number of nitrogens with zero attached hydrogens (tertiary/aromatic N) is 1. The van der Waals surface area contributed by atoms with Gasteiger partial charge in [0.25, 0.3) is 5.91 Å². The minimum absolute atomic E-state index is 0.0342. The van der Waals surface area contributed by atoms with Gasteiger partial charge in [0.05, 0.1) is 7.11 Å². The zero-order valence-corrected chi connectivity index (χ0v) is 18.4. The average Bonchev–Trinajstić information content (AvgIpc) is 2.78. The van der Waals surface area contributed by atoms with Gasteiger partial charge in [-0.2, -0.15) is 0 Å². The van der Waals surface area contributed by atoms with E-state index in [1.54, 1.807) is 7.11 Å². The maximum atomic E-state index is 12.7. The standard InChI is InChI=1S/C24H31N3O4/c1-17-6-9-20(10-7-17)26-24(29)25-14-19-5-4-12-27(15-19)23(28)16-31-21-11-8-18(2)13-22(21)30-3/h6-11,13,19H,4-5,12,14-16H2,1-3H3,(H2,25,26,29). The molecule has 0 spiro atoms. The Kier molecular flexibility index (Phi) is 7.76. The van der Waals surface area contributed by atoms with Crippen LogP contribution in [0, 0.1) is 19.8 Å². The molecular formula is C24H31N3O4. The highest BCUT2D eigenvalue weighted by atomic mass is 16.5. The molecule has 1 aliphatic heterocycles. The highest BCUT2D eigenvalue weighted by Crippen LogP contribution is 2.28. The average molecular weight is 426 g/mol. The summed E-state index contributed by atoms with van der Waals surface area (Å²) in [5.41, 5.74) is 2.96. The number of carbonyl (C=O) groups excluding carboxylic acids is 2. The Morgan fingerprint density at radius 3 is 2.55 bits per heavy atom. The molecule has 0 bridgehead atoms. The molecule has 1 saturated heterocycles. The van der Waals surface area contributed by atoms with E-state index in [1.165, 1.54) is 0 Å². The lowest BCUT2D eigenvalue weighted by Gasteiger charge is -2.32. The van der Waals surface area contributed by atoms with Crippen molar-refractivity contribution in [2.75, 3.05) is 38.7 Å². The first-order chi connectivity index (χ1) is 14.9. The number of methoxy groups -OCH3 is 1. The number of carbonyl (C=O) groups is 2. The van der Waals surface area contributed by atoms with Crippen LogP contribution in [0.3, 0.4) is 0 Å². The predicted octanol–water partition coefficient (Wildman–Crippen LogP) is 3.75. The van der Waals surface area contributed by atoms with Crippen molar-refractivity contribution in [3.63, 3.8) is 0 Å². The zero-order valence-electron chi connectivity index (χ0n) is 18.4. The van der Waals surface area contributed by atoms with E-state index in [4.69, 9.17) is 9.47 Å². The minimum atomic E-state index is -0.234. The van der Waals surface area contributed by atoms with Gasteiger partial charge in [-0.3, -0.25) is 4.79 Å². The van der Waals surface area contributed by atoms with E-state index in [2.05, 4.69) is 10.6 Å². The number of nitrogens with one attached hydrogen (secondary N) is 2. The number of amides is 3. The van der Waals surface area contributed by atoms with Crippen LogP contribution >= 0.6 is 0 Å². The number of likely N-dealkylation sites (tertiary alicyclic amines) is 1. The molecule has 2 N–H and O–H groups in total. The molecule has 0 radical (unpaired) electrons. The summed E-state index contributed by atoms with van der Waals surface area (Å²) in [5.74, 6) is 1.34. The van der Waals surface area contributed by atoms with Crippen molar-refractivity contribution in [3.8, 4) is 11.5 Å². The summed E-state index contributed by atoms with van der Waals surface area (Å²) in [7, 11) is 1.58. The molecule has 0 saturated carbocycles. The molecule has 2 aromatic rings. The smallest absolute Gasteiger partial charge is 0.319 e. The second kappa shape index (κ2) is 10.7. The molecule has 0 aromatic heterocycles. The third kappa shape index (κ3) is 6.64. The topological polar surface area (TPSA) is 79.9 Å². The van der Waals surface area contributed by atoms with Crippen LogP contribution in [0.5, 0.6) is 11.5 Å². The Hall–Kier alpha value is -3.22. The first-order valence-electron chi connectivity index (χ1n) is 10.6. The molecule has 1 heterocycles. The van der Waals surface area contributed by atoms with Crippen LogP contribution in [0.1, 0.15) is 24.0 Å². The maximum absolute atomic E-state index is 12.7. The van der Waals surface area contributed by atoms with Crippen molar-refractivity contribution in [2.24, 2.45) is 5.92 Å². The third-order valence-corrected chi connectivity index (χ3v) is 5.40. The van der Waals surface area contributed by atoms with Crippen molar-refractivity contribution in [1.82, 2.24) is 10.2 Å². The van der Waals surface area contributed by atoms with E-state index in [1.807, 2.05) is 61.2 Å². The van der Waals surface area contributed by atoms with Crippen LogP contribution < -0.4 is 20.1 Å². The number of piperidine rings is 1. The normalized spacial score (nSPS) is 15.8. The summed E-state index contributed by atoms with van der Waals surface area (Å²) in [5, 5.41) is 5.75. The Labute approximate surface area is 183 Å². The van der Waals surface area contributed by atoms with Crippen LogP contribution in [-0.4, -0.2) is 50.2 Å². The number of benzene rings is 2. The monoisotopic (exact) mass is 425 g/mol. The number of urea groups is 1. The quantitative estimate of drug-likeness (QED) is 0.708. The molecule has 7 heteroatoms. The molecule has 1 atom stereocenters. The summed E-state index contributed by atoms with van der Waals surface area (Å²) < 4.78 is 11.0. The molecule has 0 aliphatic carbocycles. The molecule has 1 fully saturated rings. The van der Waals surface area contributed by atoms with Crippen LogP contribution in [0.2, 0.25) is 0 Å². The second-order valence-corrected chi connectivity index (χ2v) is 7.99. The van der Waals surface area contributed by atoms with Crippen molar-refractivity contribution in [2.45, 2.75) is 26.7 Å². The van der Waals surface area contributed by atoms with E-state index in [0.29, 0.717) is 31.1 Å². The van der Waals surface area contributed by atoms with Gasteiger partial charge in [0.2, 0.25) is 0 Å². The van der Waals surface area contributed by atoms with Gasteiger partial charge in [-0.15, -0.1) is 0 Å². The maximum Gasteiger partial charge on any atom is 0.319 e. The fraction of sp³-hybridized carbons (Fsp3) is 0.417. The van der Waals surface area contributed by atoms with E-state index < -0.39 is 0 Å². The summed E-state index contributed by atoms with van der Waals surface area (Å²) in [6.07, 6.45) is 1.88. The van der Waals surface area contributed by atoms with Gasteiger partial charge < -0.3 is 25.0 Å². The first kappa shape index (κ1) is 22.5. The number of ether oxygens (including phenoxy) is 2. The van der Waals surface area contributed by atoms with Crippen molar-refractivity contribution in [3.05, 3.63) is 53.6 Å². The summed E-state index contributed by atoms with van der Waals surface area (Å²) >= 11 is 0. The minimum Gasteiger partial charge on any atom is -0.493 e. The van der Waals surface area contributed by atoms with Gasteiger partial charge in [-0.25, -0.2) is 4.79 Å². The van der Waals surface area contributed by atoms with E-state index in [-0.39, 0.29) is 24.5 Å². The number of hydrogen-bond donors (Lipinski definition) is 2. The zero-order chi connectivity index (χ0) is 22.2. The number of aryl methyl sites for hydroxylation is 2. The van der Waals surface area contributed by atoms with Gasteiger partial charge in [-0.1, -0.05) is 23.8 Å². The van der Waals surface area contributed by atoms with Gasteiger partial charge in [0.15, 0.2) is 18.1 Å². The van der Waals surface area contributed by atoms with Gasteiger partial charge in [0, 0.05) is 25.3 Å². The summed E-state index contributed by atoms with van der Waals surface area (Å²) in [6, 6.07) is 13.0. The SMILES string of the molecule is COc1cc(C)ccc1OCC(=O)N1CCCC(CNC(=O)Nc2ccc(C)cc2)C1. The second-order valence-electron chi connectivity index (χ2n) is 7.99. The van der Waals surface area contributed by atoms with E-state index >= 15 is 0 Å². The lowest BCUT2D eigenvalue weighted by Crippen LogP contribution is -2.45. The number of hydrogen-bond acceptors (Lipinski definition) is 4.